The molecule has 3 nitrogen and oxygen atoms in total. The van der Waals surface area contributed by atoms with Gasteiger partial charge in [0.25, 0.3) is 0 Å². The molecule has 1 atom stereocenters. The summed E-state index contributed by atoms with van der Waals surface area (Å²) in [6.45, 7) is 7.54. The quantitative estimate of drug-likeness (QED) is 0.741. The van der Waals surface area contributed by atoms with E-state index in [4.69, 9.17) is 11.6 Å². The predicted octanol–water partition coefficient (Wildman–Crippen LogP) is 1.42. The molecule has 0 saturated carbocycles. The van der Waals surface area contributed by atoms with E-state index in [9.17, 15) is 8.42 Å². The van der Waals surface area contributed by atoms with Gasteiger partial charge in [-0.1, -0.05) is 0 Å². The van der Waals surface area contributed by atoms with Gasteiger partial charge in [0.1, 0.15) is 0 Å². The molecule has 0 rings (SSSR count). The van der Waals surface area contributed by atoms with Crippen molar-refractivity contribution in [3.8, 4) is 0 Å². The molecule has 0 saturated heterocycles. The normalized spacial score (nSPS) is 15.5. The minimum atomic E-state index is -3.01. The molecule has 0 aliphatic rings. The molecule has 0 aliphatic carbocycles. The lowest BCUT2D eigenvalue weighted by Gasteiger charge is -2.20. The molecule has 0 aromatic rings. The standard InChI is InChI=1S/C9H20ClNO2S/c1-8(7-10)11-5-6-14(12,13)9(2,3)4/h8,11H,5-7H2,1-4H3. The molecule has 0 fully saturated rings. The molecule has 1 N–H and O–H groups in total. The third kappa shape index (κ3) is 4.62. The molecule has 86 valence electrons. The average molecular weight is 242 g/mol. The van der Waals surface area contributed by atoms with Crippen molar-refractivity contribution >= 4 is 21.4 Å². The molecule has 1 unspecified atom stereocenters. The Kier molecular flexibility index (Phi) is 5.41. The zero-order valence-electron chi connectivity index (χ0n) is 9.30. The number of halogens is 1. The minimum Gasteiger partial charge on any atom is -0.312 e. The summed E-state index contributed by atoms with van der Waals surface area (Å²) in [6, 6.07) is 0.159. The second-order valence-corrected chi connectivity index (χ2v) is 7.61. The molecule has 0 bridgehead atoms. The summed E-state index contributed by atoms with van der Waals surface area (Å²) in [5.74, 6) is 0.660. The lowest BCUT2D eigenvalue weighted by atomic mass is 10.3. The molecule has 0 aromatic carbocycles. The van der Waals surface area contributed by atoms with Gasteiger partial charge >= 0.3 is 0 Å². The summed E-state index contributed by atoms with van der Waals surface area (Å²) in [5, 5.41) is 3.05. The number of nitrogens with one attached hydrogen (secondary N) is 1. The third-order valence-corrected chi connectivity index (χ3v) is 5.10. The summed E-state index contributed by atoms with van der Waals surface area (Å²) in [7, 11) is -3.01. The highest BCUT2D eigenvalue weighted by Gasteiger charge is 2.28. The van der Waals surface area contributed by atoms with Crippen molar-refractivity contribution in [2.45, 2.75) is 38.5 Å². The van der Waals surface area contributed by atoms with Crippen molar-refractivity contribution in [3.63, 3.8) is 0 Å². The maximum atomic E-state index is 11.6. The van der Waals surface area contributed by atoms with Gasteiger partial charge in [-0.15, -0.1) is 11.6 Å². The van der Waals surface area contributed by atoms with Crippen LogP contribution in [0.5, 0.6) is 0 Å². The van der Waals surface area contributed by atoms with Gasteiger partial charge < -0.3 is 5.32 Å². The molecule has 0 radical (unpaired) electrons. The van der Waals surface area contributed by atoms with Gasteiger partial charge in [-0.25, -0.2) is 8.42 Å². The zero-order valence-corrected chi connectivity index (χ0v) is 10.9. The molecule has 0 spiro atoms. The van der Waals surface area contributed by atoms with Crippen molar-refractivity contribution in [2.24, 2.45) is 0 Å². The zero-order chi connectivity index (χ0) is 11.4. The van der Waals surface area contributed by atoms with E-state index in [1.54, 1.807) is 20.8 Å². The fourth-order valence-electron chi connectivity index (χ4n) is 0.800. The Morgan fingerprint density at radius 1 is 1.36 bits per heavy atom. The van der Waals surface area contributed by atoms with Crippen molar-refractivity contribution in [3.05, 3.63) is 0 Å². The van der Waals surface area contributed by atoms with Crippen LogP contribution in [0.25, 0.3) is 0 Å². The Balaban J connectivity index is 4.03. The summed E-state index contributed by atoms with van der Waals surface area (Å²) in [5.41, 5.74) is 0. The molecular formula is C9H20ClNO2S. The number of hydrogen-bond donors (Lipinski definition) is 1. The van der Waals surface area contributed by atoms with Crippen LogP contribution in [-0.4, -0.2) is 37.4 Å². The van der Waals surface area contributed by atoms with Crippen molar-refractivity contribution in [2.75, 3.05) is 18.2 Å². The Bertz CT molecular complexity index is 256. The third-order valence-electron chi connectivity index (χ3n) is 2.03. The smallest absolute Gasteiger partial charge is 0.156 e. The molecular weight excluding hydrogens is 222 g/mol. The molecule has 0 heterocycles. The van der Waals surface area contributed by atoms with E-state index in [1.165, 1.54) is 0 Å². The predicted molar refractivity (Wildman–Crippen MR) is 61.7 cm³/mol. The van der Waals surface area contributed by atoms with Gasteiger partial charge in [0.15, 0.2) is 9.84 Å². The van der Waals surface area contributed by atoms with Crippen LogP contribution >= 0.6 is 11.6 Å². The largest absolute Gasteiger partial charge is 0.312 e. The van der Waals surface area contributed by atoms with Crippen molar-refractivity contribution < 1.29 is 8.42 Å². The van der Waals surface area contributed by atoms with Crippen LogP contribution in [0.15, 0.2) is 0 Å². The Morgan fingerprint density at radius 3 is 2.21 bits per heavy atom. The average Bonchev–Trinajstić information content (AvgIpc) is 2.01. The SMILES string of the molecule is CC(CCl)NCCS(=O)(=O)C(C)(C)C. The van der Waals surface area contributed by atoms with E-state index in [-0.39, 0.29) is 11.8 Å². The fraction of sp³-hybridized carbons (Fsp3) is 1.00. The van der Waals surface area contributed by atoms with Crippen LogP contribution in [-0.2, 0) is 9.84 Å². The van der Waals surface area contributed by atoms with Crippen LogP contribution in [0, 0.1) is 0 Å². The maximum absolute atomic E-state index is 11.6. The van der Waals surface area contributed by atoms with Gasteiger partial charge in [0.05, 0.1) is 10.5 Å². The van der Waals surface area contributed by atoms with Gasteiger partial charge in [0, 0.05) is 18.5 Å². The van der Waals surface area contributed by atoms with Crippen LogP contribution in [0.2, 0.25) is 0 Å². The lowest BCUT2D eigenvalue weighted by Crippen LogP contribution is -2.37. The first-order chi connectivity index (χ1) is 6.20. The number of sulfone groups is 1. The summed E-state index contributed by atoms with van der Waals surface area (Å²) in [6.07, 6.45) is 0. The van der Waals surface area contributed by atoms with Crippen molar-refractivity contribution in [1.82, 2.24) is 5.32 Å². The van der Waals surface area contributed by atoms with Gasteiger partial charge in [-0.2, -0.15) is 0 Å². The first kappa shape index (κ1) is 14.2. The molecule has 0 aromatic heterocycles. The maximum Gasteiger partial charge on any atom is 0.156 e. The fourth-order valence-corrected chi connectivity index (χ4v) is 1.91. The highest BCUT2D eigenvalue weighted by molar-refractivity contribution is 7.92. The minimum absolute atomic E-state index is 0.159. The Morgan fingerprint density at radius 2 is 1.86 bits per heavy atom. The second-order valence-electron chi connectivity index (χ2n) is 4.44. The first-order valence-corrected chi connectivity index (χ1v) is 6.91. The summed E-state index contributed by atoms with van der Waals surface area (Å²) in [4.78, 5) is 0. The van der Waals surface area contributed by atoms with E-state index in [2.05, 4.69) is 5.32 Å². The molecule has 0 amide bonds. The molecule has 5 heteroatoms. The van der Waals surface area contributed by atoms with Gasteiger partial charge in [0.2, 0.25) is 0 Å². The Labute approximate surface area is 92.1 Å². The lowest BCUT2D eigenvalue weighted by molar-refractivity contribution is 0.550. The van der Waals surface area contributed by atoms with E-state index in [1.807, 2.05) is 6.92 Å². The van der Waals surface area contributed by atoms with E-state index in [0.29, 0.717) is 12.4 Å². The van der Waals surface area contributed by atoms with E-state index in [0.717, 1.165) is 0 Å². The van der Waals surface area contributed by atoms with Crippen LogP contribution in [0.1, 0.15) is 27.7 Å². The van der Waals surface area contributed by atoms with Crippen LogP contribution in [0.3, 0.4) is 0 Å². The van der Waals surface area contributed by atoms with Crippen LogP contribution < -0.4 is 5.32 Å². The first-order valence-electron chi connectivity index (χ1n) is 4.72. The highest BCUT2D eigenvalue weighted by Crippen LogP contribution is 2.15. The van der Waals surface area contributed by atoms with Gasteiger partial charge in [-0.05, 0) is 27.7 Å². The topological polar surface area (TPSA) is 46.2 Å². The van der Waals surface area contributed by atoms with E-state index < -0.39 is 14.6 Å². The number of rotatable bonds is 5. The van der Waals surface area contributed by atoms with Crippen molar-refractivity contribution in [1.29, 1.82) is 0 Å². The van der Waals surface area contributed by atoms with Crippen LogP contribution in [0.4, 0.5) is 0 Å². The van der Waals surface area contributed by atoms with E-state index >= 15 is 0 Å². The molecule has 14 heavy (non-hydrogen) atoms. The number of hydrogen-bond acceptors (Lipinski definition) is 3. The number of alkyl halides is 1. The molecule has 0 aliphatic heterocycles. The van der Waals surface area contributed by atoms with Gasteiger partial charge in [-0.3, -0.25) is 0 Å². The Hall–Kier alpha value is 0.200. The highest BCUT2D eigenvalue weighted by atomic mass is 35.5. The monoisotopic (exact) mass is 241 g/mol. The summed E-state index contributed by atoms with van der Waals surface area (Å²) < 4.78 is 22.6. The summed E-state index contributed by atoms with van der Waals surface area (Å²) >= 11 is 5.58. The second kappa shape index (κ2) is 5.33.